The molecular weight excluding hydrogens is 324 g/mol. The first-order chi connectivity index (χ1) is 12.6. The fourth-order valence-corrected chi connectivity index (χ4v) is 2.34. The van der Waals surface area contributed by atoms with Gasteiger partial charge in [-0.3, -0.25) is 0 Å². The number of hydrogen-bond donors (Lipinski definition) is 2. The van der Waals surface area contributed by atoms with Crippen LogP contribution < -0.4 is 20.9 Å². The van der Waals surface area contributed by atoms with Crippen molar-refractivity contribution in [2.75, 3.05) is 11.5 Å². The van der Waals surface area contributed by atoms with Crippen molar-refractivity contribution < 1.29 is 9.47 Å². The number of rotatable bonds is 8. The predicted octanol–water partition coefficient (Wildman–Crippen LogP) is 5.10. The molecular formula is C22H26N2O2. The van der Waals surface area contributed by atoms with Gasteiger partial charge in [-0.25, -0.2) is 0 Å². The lowest BCUT2D eigenvalue weighted by molar-refractivity contribution is 0.229. The summed E-state index contributed by atoms with van der Waals surface area (Å²) >= 11 is 0. The van der Waals surface area contributed by atoms with Gasteiger partial charge in [-0.2, -0.15) is 0 Å². The van der Waals surface area contributed by atoms with Gasteiger partial charge >= 0.3 is 0 Å². The summed E-state index contributed by atoms with van der Waals surface area (Å²) in [7, 11) is 0. The van der Waals surface area contributed by atoms with Gasteiger partial charge in [-0.15, -0.1) is 0 Å². The lowest BCUT2D eigenvalue weighted by Crippen LogP contribution is -2.03. The van der Waals surface area contributed by atoms with Crippen LogP contribution in [0.15, 0.2) is 55.0 Å². The Labute approximate surface area is 155 Å². The number of ether oxygens (including phenoxy) is 2. The SMILES string of the molecule is C=C(Oc1cccc(C#CCCCCCC)c1)Oc1ccc(N)c(N)c1. The molecule has 2 aromatic carbocycles. The molecule has 0 aliphatic rings. The number of nitrogen functional groups attached to an aromatic ring is 2. The monoisotopic (exact) mass is 350 g/mol. The second-order valence-electron chi connectivity index (χ2n) is 6.01. The fraction of sp³-hybridized carbons (Fsp3) is 0.273. The number of hydrogen-bond acceptors (Lipinski definition) is 4. The summed E-state index contributed by atoms with van der Waals surface area (Å²) < 4.78 is 11.2. The summed E-state index contributed by atoms with van der Waals surface area (Å²) in [4.78, 5) is 0. The summed E-state index contributed by atoms with van der Waals surface area (Å²) in [6.07, 6.45) is 5.81. The summed E-state index contributed by atoms with van der Waals surface area (Å²) in [6, 6.07) is 12.6. The highest BCUT2D eigenvalue weighted by atomic mass is 16.7. The maximum absolute atomic E-state index is 5.76. The normalized spacial score (nSPS) is 9.88. The van der Waals surface area contributed by atoms with Gasteiger partial charge in [0, 0.05) is 18.1 Å². The van der Waals surface area contributed by atoms with Gasteiger partial charge in [0.25, 0.3) is 5.95 Å². The first kappa shape index (κ1) is 19.3. The van der Waals surface area contributed by atoms with Gasteiger partial charge in [-0.1, -0.05) is 44.1 Å². The molecule has 0 heterocycles. The van der Waals surface area contributed by atoms with Gasteiger partial charge in [0.2, 0.25) is 0 Å². The maximum Gasteiger partial charge on any atom is 0.282 e. The molecule has 0 unspecified atom stereocenters. The van der Waals surface area contributed by atoms with E-state index in [0.717, 1.165) is 18.4 Å². The van der Waals surface area contributed by atoms with Crippen LogP contribution in [-0.4, -0.2) is 0 Å². The van der Waals surface area contributed by atoms with Crippen LogP contribution >= 0.6 is 0 Å². The summed E-state index contributed by atoms with van der Waals surface area (Å²) in [5.74, 6) is 7.67. The van der Waals surface area contributed by atoms with Crippen LogP contribution in [0.4, 0.5) is 11.4 Å². The van der Waals surface area contributed by atoms with Crippen molar-refractivity contribution in [1.82, 2.24) is 0 Å². The third-order valence-corrected chi connectivity index (χ3v) is 3.74. The molecule has 26 heavy (non-hydrogen) atoms. The van der Waals surface area contributed by atoms with Crippen molar-refractivity contribution in [3.63, 3.8) is 0 Å². The Morgan fingerprint density at radius 2 is 1.73 bits per heavy atom. The van der Waals surface area contributed by atoms with E-state index in [-0.39, 0.29) is 5.95 Å². The Balaban J connectivity index is 1.90. The molecule has 0 aliphatic heterocycles. The topological polar surface area (TPSA) is 70.5 Å². The second-order valence-corrected chi connectivity index (χ2v) is 6.01. The first-order valence-corrected chi connectivity index (χ1v) is 8.87. The number of anilines is 2. The Morgan fingerprint density at radius 3 is 2.46 bits per heavy atom. The van der Waals surface area contributed by atoms with Crippen LogP contribution in [0.25, 0.3) is 0 Å². The molecule has 4 N–H and O–H groups in total. The molecule has 4 nitrogen and oxygen atoms in total. The Hall–Kier alpha value is -3.06. The molecule has 0 atom stereocenters. The molecule has 2 rings (SSSR count). The standard InChI is InChI=1S/C22H26N2O2/c1-3-4-5-6-7-8-10-18-11-9-12-19(15-18)25-17(2)26-20-13-14-21(23)22(24)16-20/h9,11-16H,2-7,23-24H2,1H3. The van der Waals surface area contributed by atoms with Crippen molar-refractivity contribution in [1.29, 1.82) is 0 Å². The molecule has 0 aromatic heterocycles. The van der Waals surface area contributed by atoms with E-state index in [1.54, 1.807) is 18.2 Å². The highest BCUT2D eigenvalue weighted by Gasteiger charge is 2.04. The minimum Gasteiger partial charge on any atom is -0.426 e. The largest absolute Gasteiger partial charge is 0.426 e. The zero-order valence-corrected chi connectivity index (χ0v) is 15.3. The smallest absolute Gasteiger partial charge is 0.282 e. The fourth-order valence-electron chi connectivity index (χ4n) is 2.34. The van der Waals surface area contributed by atoms with Crippen molar-refractivity contribution in [2.24, 2.45) is 0 Å². The van der Waals surface area contributed by atoms with Crippen molar-refractivity contribution in [2.45, 2.75) is 39.0 Å². The van der Waals surface area contributed by atoms with E-state index in [1.165, 1.54) is 19.3 Å². The maximum atomic E-state index is 5.76. The van der Waals surface area contributed by atoms with Gasteiger partial charge in [0.15, 0.2) is 0 Å². The average molecular weight is 350 g/mol. The summed E-state index contributed by atoms with van der Waals surface area (Å²) in [5, 5.41) is 0. The lowest BCUT2D eigenvalue weighted by Gasteiger charge is -2.11. The highest BCUT2D eigenvalue weighted by Crippen LogP contribution is 2.24. The second kappa shape index (κ2) is 10.0. The van der Waals surface area contributed by atoms with Crippen LogP contribution in [0, 0.1) is 11.8 Å². The predicted molar refractivity (Wildman–Crippen MR) is 108 cm³/mol. The van der Waals surface area contributed by atoms with E-state index in [2.05, 4.69) is 25.3 Å². The first-order valence-electron chi connectivity index (χ1n) is 8.87. The zero-order valence-electron chi connectivity index (χ0n) is 15.3. The Kier molecular flexibility index (Phi) is 7.45. The average Bonchev–Trinajstić information content (AvgIpc) is 2.61. The quantitative estimate of drug-likeness (QED) is 0.301. The van der Waals surface area contributed by atoms with Crippen LogP contribution in [0.5, 0.6) is 11.5 Å². The van der Waals surface area contributed by atoms with Crippen molar-refractivity contribution >= 4 is 11.4 Å². The number of unbranched alkanes of at least 4 members (excludes halogenated alkanes) is 4. The molecule has 136 valence electrons. The van der Waals surface area contributed by atoms with Gasteiger partial charge in [0.1, 0.15) is 11.5 Å². The third kappa shape index (κ3) is 6.45. The molecule has 2 aromatic rings. The van der Waals surface area contributed by atoms with E-state index < -0.39 is 0 Å². The molecule has 0 saturated carbocycles. The van der Waals surface area contributed by atoms with E-state index in [4.69, 9.17) is 20.9 Å². The molecule has 0 saturated heterocycles. The molecule has 0 amide bonds. The van der Waals surface area contributed by atoms with Crippen LogP contribution in [0.1, 0.15) is 44.6 Å². The Morgan fingerprint density at radius 1 is 0.962 bits per heavy atom. The molecule has 0 fully saturated rings. The van der Waals surface area contributed by atoms with Crippen LogP contribution in [0.3, 0.4) is 0 Å². The van der Waals surface area contributed by atoms with Gasteiger partial charge in [-0.05, 0) is 43.3 Å². The third-order valence-electron chi connectivity index (χ3n) is 3.74. The van der Waals surface area contributed by atoms with Gasteiger partial charge < -0.3 is 20.9 Å². The molecule has 0 radical (unpaired) electrons. The van der Waals surface area contributed by atoms with Crippen molar-refractivity contribution in [3.05, 3.63) is 60.6 Å². The van der Waals surface area contributed by atoms with Crippen LogP contribution in [-0.2, 0) is 0 Å². The summed E-state index contributed by atoms with van der Waals surface area (Å²) in [5.41, 5.74) is 13.3. The minimum absolute atomic E-state index is 0.152. The van der Waals surface area contributed by atoms with E-state index in [1.807, 2.05) is 24.3 Å². The lowest BCUT2D eigenvalue weighted by atomic mass is 10.1. The molecule has 0 aliphatic carbocycles. The van der Waals surface area contributed by atoms with Crippen LogP contribution in [0.2, 0.25) is 0 Å². The number of benzene rings is 2. The molecule has 0 bridgehead atoms. The van der Waals surface area contributed by atoms with Gasteiger partial charge in [0.05, 0.1) is 11.4 Å². The van der Waals surface area contributed by atoms with E-state index in [0.29, 0.717) is 22.9 Å². The summed E-state index contributed by atoms with van der Waals surface area (Å²) in [6.45, 7) is 5.98. The van der Waals surface area contributed by atoms with Crippen molar-refractivity contribution in [3.8, 4) is 23.3 Å². The number of nitrogens with two attached hydrogens (primary N) is 2. The minimum atomic E-state index is 0.152. The molecule has 4 heteroatoms. The van der Waals surface area contributed by atoms with E-state index >= 15 is 0 Å². The van der Waals surface area contributed by atoms with E-state index in [9.17, 15) is 0 Å². The Bertz CT molecular complexity index is 803. The highest BCUT2D eigenvalue weighted by molar-refractivity contribution is 5.65. The molecule has 0 spiro atoms. The zero-order chi connectivity index (χ0) is 18.8.